The van der Waals surface area contributed by atoms with E-state index in [2.05, 4.69) is 4.74 Å². The first-order valence-corrected chi connectivity index (χ1v) is 8.25. The van der Waals surface area contributed by atoms with Crippen molar-refractivity contribution < 1.29 is 17.9 Å². The number of hydrogen-bond acceptors (Lipinski definition) is 5. The summed E-state index contributed by atoms with van der Waals surface area (Å²) in [5, 5.41) is 4.09. The standard InChI is InChI=1S/C10H17NO4S2/c1-15-10(12)8-9(17(11,13)14)6-4-2-3-5-7(6)16-8/h6-9H,2-5H2,1H3,(H2,11,13,14). The zero-order valence-electron chi connectivity index (χ0n) is 9.66. The lowest BCUT2D eigenvalue weighted by molar-refractivity contribution is -0.140. The molecule has 2 aliphatic rings. The van der Waals surface area contributed by atoms with Crippen molar-refractivity contribution >= 4 is 27.8 Å². The molecule has 1 aliphatic carbocycles. The predicted octanol–water partition coefficient (Wildman–Crippen LogP) is 0.491. The molecule has 0 aromatic rings. The van der Waals surface area contributed by atoms with Crippen LogP contribution in [0, 0.1) is 5.92 Å². The summed E-state index contributed by atoms with van der Waals surface area (Å²) in [7, 11) is -2.42. The minimum atomic E-state index is -3.70. The minimum absolute atomic E-state index is 0.00727. The number of carbonyl (C=O) groups is 1. The molecule has 2 N–H and O–H groups in total. The maximum Gasteiger partial charge on any atom is 0.320 e. The molecule has 5 nitrogen and oxygen atoms in total. The minimum Gasteiger partial charge on any atom is -0.468 e. The van der Waals surface area contributed by atoms with Gasteiger partial charge in [-0.15, -0.1) is 11.8 Å². The van der Waals surface area contributed by atoms with Crippen molar-refractivity contribution in [1.82, 2.24) is 0 Å². The third kappa shape index (κ3) is 2.46. The average molecular weight is 279 g/mol. The van der Waals surface area contributed by atoms with E-state index in [9.17, 15) is 13.2 Å². The molecule has 0 aromatic heterocycles. The summed E-state index contributed by atoms with van der Waals surface area (Å²) in [6.45, 7) is 0. The van der Waals surface area contributed by atoms with E-state index in [1.54, 1.807) is 0 Å². The molecule has 7 heteroatoms. The van der Waals surface area contributed by atoms with Crippen molar-refractivity contribution in [2.24, 2.45) is 11.1 Å². The molecule has 0 radical (unpaired) electrons. The molecule has 0 bridgehead atoms. The van der Waals surface area contributed by atoms with E-state index in [4.69, 9.17) is 5.14 Å². The molecular weight excluding hydrogens is 262 g/mol. The smallest absolute Gasteiger partial charge is 0.320 e. The van der Waals surface area contributed by atoms with Crippen molar-refractivity contribution in [3.8, 4) is 0 Å². The summed E-state index contributed by atoms with van der Waals surface area (Å²) in [6.07, 6.45) is 3.92. The predicted molar refractivity (Wildman–Crippen MR) is 66.0 cm³/mol. The van der Waals surface area contributed by atoms with Gasteiger partial charge in [-0.3, -0.25) is 4.79 Å². The van der Waals surface area contributed by atoms with Gasteiger partial charge in [0.15, 0.2) is 0 Å². The van der Waals surface area contributed by atoms with Crippen LogP contribution in [-0.4, -0.2) is 37.2 Å². The van der Waals surface area contributed by atoms with E-state index >= 15 is 0 Å². The van der Waals surface area contributed by atoms with Gasteiger partial charge < -0.3 is 4.74 Å². The van der Waals surface area contributed by atoms with Crippen LogP contribution in [-0.2, 0) is 19.6 Å². The zero-order chi connectivity index (χ0) is 12.6. The molecule has 0 amide bonds. The quantitative estimate of drug-likeness (QED) is 0.743. The van der Waals surface area contributed by atoms with E-state index < -0.39 is 26.5 Å². The summed E-state index contributed by atoms with van der Waals surface area (Å²) in [5.74, 6) is -0.462. The molecule has 1 heterocycles. The second kappa shape index (κ2) is 4.78. The molecule has 2 fully saturated rings. The molecule has 98 valence electrons. The zero-order valence-corrected chi connectivity index (χ0v) is 11.3. The Labute approximate surface area is 106 Å². The summed E-state index contributed by atoms with van der Waals surface area (Å²) >= 11 is 1.43. The molecule has 2 rings (SSSR count). The third-order valence-electron chi connectivity index (χ3n) is 3.61. The molecule has 1 saturated carbocycles. The van der Waals surface area contributed by atoms with E-state index in [1.165, 1.54) is 18.9 Å². The number of methoxy groups -OCH3 is 1. The number of esters is 1. The average Bonchev–Trinajstić information content (AvgIpc) is 2.66. The molecular formula is C10H17NO4S2. The first-order valence-electron chi connectivity index (χ1n) is 5.70. The third-order valence-corrected chi connectivity index (χ3v) is 6.87. The van der Waals surface area contributed by atoms with Crippen molar-refractivity contribution in [2.45, 2.75) is 41.4 Å². The molecule has 0 spiro atoms. The lowest BCUT2D eigenvalue weighted by Gasteiger charge is -2.27. The van der Waals surface area contributed by atoms with Gasteiger partial charge in [0, 0.05) is 5.25 Å². The SMILES string of the molecule is COC(=O)C1SC2CCCCC2C1S(N)(=O)=O. The highest BCUT2D eigenvalue weighted by Gasteiger charge is 2.53. The number of fused-ring (bicyclic) bond motifs is 1. The Bertz CT molecular complexity index is 409. The van der Waals surface area contributed by atoms with E-state index in [0.29, 0.717) is 0 Å². The van der Waals surface area contributed by atoms with Crippen LogP contribution >= 0.6 is 11.8 Å². The summed E-state index contributed by atoms with van der Waals surface area (Å²) < 4.78 is 28.0. The van der Waals surface area contributed by atoms with E-state index in [-0.39, 0.29) is 11.2 Å². The number of sulfonamides is 1. The van der Waals surface area contributed by atoms with Gasteiger partial charge >= 0.3 is 5.97 Å². The van der Waals surface area contributed by atoms with Crippen LogP contribution in [0.4, 0.5) is 0 Å². The summed E-state index contributed by atoms with van der Waals surface area (Å²) in [5.41, 5.74) is 0. The van der Waals surface area contributed by atoms with E-state index in [0.717, 1.165) is 25.7 Å². The summed E-state index contributed by atoms with van der Waals surface area (Å²) in [4.78, 5) is 11.7. The Morgan fingerprint density at radius 1 is 1.35 bits per heavy atom. The number of rotatable bonds is 2. The molecule has 0 aromatic carbocycles. The first kappa shape index (κ1) is 13.2. The van der Waals surface area contributed by atoms with Crippen LogP contribution in [0.5, 0.6) is 0 Å². The number of primary sulfonamides is 1. The molecule has 4 unspecified atom stereocenters. The largest absolute Gasteiger partial charge is 0.468 e. The number of ether oxygens (including phenoxy) is 1. The Kier molecular flexibility index (Phi) is 3.70. The van der Waals surface area contributed by atoms with Crippen molar-refractivity contribution in [1.29, 1.82) is 0 Å². The van der Waals surface area contributed by atoms with Gasteiger partial charge in [-0.25, -0.2) is 13.6 Å². The summed E-state index contributed by atoms with van der Waals surface area (Å²) in [6, 6.07) is 0. The van der Waals surface area contributed by atoms with Gasteiger partial charge in [-0.2, -0.15) is 0 Å². The van der Waals surface area contributed by atoms with Crippen LogP contribution in [0.3, 0.4) is 0 Å². The monoisotopic (exact) mass is 279 g/mol. The topological polar surface area (TPSA) is 86.5 Å². The van der Waals surface area contributed by atoms with Gasteiger partial charge in [0.2, 0.25) is 10.0 Å². The number of nitrogens with two attached hydrogens (primary N) is 1. The van der Waals surface area contributed by atoms with Gasteiger partial charge in [0.05, 0.1) is 7.11 Å². The maximum atomic E-state index is 11.7. The molecule has 1 saturated heterocycles. The molecule has 4 atom stereocenters. The molecule has 1 aliphatic heterocycles. The second-order valence-electron chi connectivity index (χ2n) is 4.62. The fraction of sp³-hybridized carbons (Fsp3) is 0.900. The van der Waals surface area contributed by atoms with Gasteiger partial charge in [-0.05, 0) is 18.8 Å². The van der Waals surface area contributed by atoms with Crippen molar-refractivity contribution in [2.75, 3.05) is 7.11 Å². The first-order chi connectivity index (χ1) is 7.95. The number of hydrogen-bond donors (Lipinski definition) is 1. The van der Waals surface area contributed by atoms with Crippen molar-refractivity contribution in [3.05, 3.63) is 0 Å². The lowest BCUT2D eigenvalue weighted by Crippen LogP contribution is -2.43. The van der Waals surface area contributed by atoms with E-state index in [1.807, 2.05) is 0 Å². The van der Waals surface area contributed by atoms with Crippen LogP contribution < -0.4 is 5.14 Å². The van der Waals surface area contributed by atoms with Crippen LogP contribution in [0.1, 0.15) is 25.7 Å². The second-order valence-corrected chi connectivity index (χ2v) is 7.73. The highest BCUT2D eigenvalue weighted by atomic mass is 32.2. The fourth-order valence-electron chi connectivity index (χ4n) is 2.88. The lowest BCUT2D eigenvalue weighted by atomic mass is 9.85. The highest BCUT2D eigenvalue weighted by molar-refractivity contribution is 8.03. The maximum absolute atomic E-state index is 11.7. The van der Waals surface area contributed by atoms with Crippen molar-refractivity contribution in [3.63, 3.8) is 0 Å². The van der Waals surface area contributed by atoms with Crippen LogP contribution in [0.25, 0.3) is 0 Å². The Balaban J connectivity index is 2.30. The Hall–Kier alpha value is -0.270. The Morgan fingerprint density at radius 3 is 2.59 bits per heavy atom. The van der Waals surface area contributed by atoms with Gasteiger partial charge in [-0.1, -0.05) is 12.8 Å². The number of thioether (sulfide) groups is 1. The van der Waals surface area contributed by atoms with Gasteiger partial charge in [0.25, 0.3) is 0 Å². The van der Waals surface area contributed by atoms with Crippen LogP contribution in [0.2, 0.25) is 0 Å². The normalized spacial score (nSPS) is 37.5. The van der Waals surface area contributed by atoms with Gasteiger partial charge in [0.1, 0.15) is 10.5 Å². The Morgan fingerprint density at radius 2 is 2.00 bits per heavy atom. The fourth-order valence-corrected chi connectivity index (χ4v) is 6.66. The van der Waals surface area contributed by atoms with Crippen LogP contribution in [0.15, 0.2) is 0 Å². The molecule has 17 heavy (non-hydrogen) atoms. The number of carbonyl (C=O) groups excluding carboxylic acids is 1. The highest BCUT2D eigenvalue weighted by Crippen LogP contribution is 2.48.